The predicted octanol–water partition coefficient (Wildman–Crippen LogP) is 3.46. The number of carbonyl (C=O) groups excluding carboxylic acids is 3. The lowest BCUT2D eigenvalue weighted by Crippen LogP contribution is -2.41. The van der Waals surface area contributed by atoms with Crippen LogP contribution >= 0.6 is 11.8 Å². The lowest BCUT2D eigenvalue weighted by atomic mass is 9.80. The van der Waals surface area contributed by atoms with Gasteiger partial charge in [-0.15, -0.1) is 0 Å². The molecule has 0 saturated carbocycles. The fourth-order valence-corrected chi connectivity index (χ4v) is 4.46. The van der Waals surface area contributed by atoms with Crippen LogP contribution in [0.3, 0.4) is 0 Å². The van der Waals surface area contributed by atoms with Gasteiger partial charge in [-0.3, -0.25) is 14.4 Å². The SMILES string of the molecule is CSCCC(N)C(=O)NCC1=CC(c2ccccc2)Cc2c1ccc(OC(C)=O)c2OC(C)=O. The van der Waals surface area contributed by atoms with Gasteiger partial charge in [0.05, 0.1) is 6.04 Å². The molecule has 0 saturated heterocycles. The van der Waals surface area contributed by atoms with E-state index in [0.29, 0.717) is 12.8 Å². The molecule has 3 N–H and O–H groups in total. The maximum absolute atomic E-state index is 12.5. The summed E-state index contributed by atoms with van der Waals surface area (Å²) in [6.45, 7) is 2.88. The number of carbonyl (C=O) groups is 3. The molecule has 2 unspecified atom stereocenters. The number of nitrogens with two attached hydrogens (primary N) is 1. The van der Waals surface area contributed by atoms with Crippen molar-refractivity contribution in [3.8, 4) is 11.5 Å². The molecule has 3 rings (SSSR count). The Morgan fingerprint density at radius 2 is 1.79 bits per heavy atom. The summed E-state index contributed by atoms with van der Waals surface area (Å²) in [4.78, 5) is 36.1. The second-order valence-corrected chi connectivity index (χ2v) is 9.11. The number of hydrogen-bond donors (Lipinski definition) is 2. The predicted molar refractivity (Wildman–Crippen MR) is 134 cm³/mol. The van der Waals surface area contributed by atoms with Crippen molar-refractivity contribution in [2.75, 3.05) is 18.6 Å². The van der Waals surface area contributed by atoms with Crippen molar-refractivity contribution in [1.82, 2.24) is 5.32 Å². The van der Waals surface area contributed by atoms with E-state index in [1.54, 1.807) is 17.8 Å². The van der Waals surface area contributed by atoms with Gasteiger partial charge in [-0.1, -0.05) is 42.5 Å². The molecule has 1 aliphatic rings. The van der Waals surface area contributed by atoms with E-state index in [0.717, 1.165) is 28.0 Å². The van der Waals surface area contributed by atoms with Gasteiger partial charge in [-0.25, -0.2) is 0 Å². The molecule has 2 atom stereocenters. The normalized spacial score (nSPS) is 15.5. The molecule has 1 amide bonds. The standard InChI is InChI=1S/C26H30N2O5S/c1-16(29)32-24-10-9-21-20(15-28-26(31)23(27)11-12-34-3)13-19(18-7-5-4-6-8-18)14-22(21)25(24)33-17(2)30/h4-10,13,19,23H,11-12,14-15,27H2,1-3H3,(H,28,31). The zero-order chi connectivity index (χ0) is 24.7. The summed E-state index contributed by atoms with van der Waals surface area (Å²) in [5, 5.41) is 2.95. The lowest BCUT2D eigenvalue weighted by Gasteiger charge is -2.27. The molecule has 0 aliphatic heterocycles. The average Bonchev–Trinajstić information content (AvgIpc) is 2.82. The number of benzene rings is 2. The maximum Gasteiger partial charge on any atom is 0.308 e. The third kappa shape index (κ3) is 6.48. The number of ether oxygens (including phenoxy) is 2. The summed E-state index contributed by atoms with van der Waals surface area (Å²) in [6.07, 6.45) is 5.23. The fraction of sp³-hybridized carbons (Fsp3) is 0.346. The molecule has 34 heavy (non-hydrogen) atoms. The monoisotopic (exact) mass is 482 g/mol. The maximum atomic E-state index is 12.5. The Labute approximate surface area is 204 Å². The zero-order valence-corrected chi connectivity index (χ0v) is 20.4. The van der Waals surface area contributed by atoms with Gasteiger partial charge in [0.25, 0.3) is 0 Å². The van der Waals surface area contributed by atoms with Gasteiger partial charge >= 0.3 is 11.9 Å². The zero-order valence-electron chi connectivity index (χ0n) is 19.6. The molecule has 0 fully saturated rings. The Hall–Kier alpha value is -3.10. The summed E-state index contributed by atoms with van der Waals surface area (Å²) < 4.78 is 10.9. The molecule has 0 bridgehead atoms. The molecular weight excluding hydrogens is 452 g/mol. The van der Waals surface area contributed by atoms with Crippen LogP contribution in [0.15, 0.2) is 48.5 Å². The third-order valence-electron chi connectivity index (χ3n) is 5.55. The number of fused-ring (bicyclic) bond motifs is 1. The molecule has 7 nitrogen and oxygen atoms in total. The van der Waals surface area contributed by atoms with Crippen molar-refractivity contribution in [2.45, 2.75) is 38.6 Å². The van der Waals surface area contributed by atoms with E-state index in [4.69, 9.17) is 15.2 Å². The van der Waals surface area contributed by atoms with Gasteiger partial charge in [-0.2, -0.15) is 11.8 Å². The first-order valence-electron chi connectivity index (χ1n) is 11.1. The Morgan fingerprint density at radius 3 is 2.44 bits per heavy atom. The van der Waals surface area contributed by atoms with Crippen LogP contribution in [0.1, 0.15) is 42.9 Å². The smallest absolute Gasteiger partial charge is 0.308 e. The molecule has 2 aromatic carbocycles. The highest BCUT2D eigenvalue weighted by molar-refractivity contribution is 7.98. The molecule has 8 heteroatoms. The summed E-state index contributed by atoms with van der Waals surface area (Å²) in [6, 6.07) is 12.8. The van der Waals surface area contributed by atoms with Gasteiger partial charge in [0, 0.05) is 31.9 Å². The summed E-state index contributed by atoms with van der Waals surface area (Å²) in [7, 11) is 0. The van der Waals surface area contributed by atoms with Gasteiger partial charge in [0.2, 0.25) is 5.91 Å². The van der Waals surface area contributed by atoms with Crippen molar-refractivity contribution in [1.29, 1.82) is 0 Å². The molecule has 0 spiro atoms. The number of hydrogen-bond acceptors (Lipinski definition) is 7. The lowest BCUT2D eigenvalue weighted by molar-refractivity contribution is -0.134. The number of allylic oxidation sites excluding steroid dienone is 1. The number of nitrogens with one attached hydrogen (secondary N) is 1. The Balaban J connectivity index is 2.00. The van der Waals surface area contributed by atoms with E-state index >= 15 is 0 Å². The first kappa shape index (κ1) is 25.5. The van der Waals surface area contributed by atoms with Gasteiger partial charge in [0.15, 0.2) is 11.5 Å². The summed E-state index contributed by atoms with van der Waals surface area (Å²) >= 11 is 1.65. The van der Waals surface area contributed by atoms with Crippen molar-refractivity contribution >= 4 is 35.2 Å². The molecule has 180 valence electrons. The van der Waals surface area contributed by atoms with Crippen LogP contribution in [0.25, 0.3) is 5.57 Å². The van der Waals surface area contributed by atoms with Crippen LogP contribution < -0.4 is 20.5 Å². The van der Waals surface area contributed by atoms with Crippen LogP contribution in [0, 0.1) is 0 Å². The highest BCUT2D eigenvalue weighted by Crippen LogP contribution is 2.43. The van der Waals surface area contributed by atoms with Crippen LogP contribution in [0.4, 0.5) is 0 Å². The quantitative estimate of drug-likeness (QED) is 0.416. The highest BCUT2D eigenvalue weighted by atomic mass is 32.2. The van der Waals surface area contributed by atoms with Gasteiger partial charge in [0.1, 0.15) is 0 Å². The van der Waals surface area contributed by atoms with E-state index in [2.05, 4.69) is 11.4 Å². The molecule has 0 radical (unpaired) electrons. The number of amides is 1. The van der Waals surface area contributed by atoms with Crippen molar-refractivity contribution in [3.05, 3.63) is 65.2 Å². The third-order valence-corrected chi connectivity index (χ3v) is 6.19. The molecular formula is C26H30N2O5S. The average molecular weight is 483 g/mol. The summed E-state index contributed by atoms with van der Waals surface area (Å²) in [5.41, 5.74) is 9.57. The largest absolute Gasteiger partial charge is 0.423 e. The van der Waals surface area contributed by atoms with Gasteiger partial charge < -0.3 is 20.5 Å². The minimum Gasteiger partial charge on any atom is -0.423 e. The Morgan fingerprint density at radius 1 is 1.09 bits per heavy atom. The fourth-order valence-electron chi connectivity index (χ4n) is 3.97. The molecule has 1 aliphatic carbocycles. The van der Waals surface area contributed by atoms with E-state index in [9.17, 15) is 14.4 Å². The van der Waals surface area contributed by atoms with Crippen LogP contribution in [0.2, 0.25) is 0 Å². The second kappa shape index (κ2) is 11.9. The molecule has 2 aromatic rings. The molecule has 0 heterocycles. The first-order chi connectivity index (χ1) is 16.3. The summed E-state index contributed by atoms with van der Waals surface area (Å²) in [5.74, 6) is -0.0238. The van der Waals surface area contributed by atoms with E-state index < -0.39 is 18.0 Å². The van der Waals surface area contributed by atoms with E-state index in [1.807, 2.05) is 42.7 Å². The van der Waals surface area contributed by atoms with Crippen molar-refractivity contribution in [3.63, 3.8) is 0 Å². The minimum atomic E-state index is -0.580. The van der Waals surface area contributed by atoms with Crippen LogP contribution in [-0.4, -0.2) is 42.4 Å². The van der Waals surface area contributed by atoms with Crippen molar-refractivity contribution < 1.29 is 23.9 Å². The van der Waals surface area contributed by atoms with E-state index in [-0.39, 0.29) is 29.9 Å². The second-order valence-electron chi connectivity index (χ2n) is 8.13. The topological polar surface area (TPSA) is 108 Å². The highest BCUT2D eigenvalue weighted by Gasteiger charge is 2.28. The van der Waals surface area contributed by atoms with Crippen molar-refractivity contribution in [2.24, 2.45) is 5.73 Å². The Kier molecular flexibility index (Phi) is 8.90. The van der Waals surface area contributed by atoms with Gasteiger partial charge in [-0.05, 0) is 47.6 Å². The first-order valence-corrected chi connectivity index (χ1v) is 12.5. The number of esters is 2. The molecule has 0 aromatic heterocycles. The number of rotatable bonds is 9. The van der Waals surface area contributed by atoms with E-state index in [1.165, 1.54) is 13.8 Å². The van der Waals surface area contributed by atoms with Crippen LogP contribution in [0.5, 0.6) is 11.5 Å². The minimum absolute atomic E-state index is 0.0207. The van der Waals surface area contributed by atoms with Crippen LogP contribution in [-0.2, 0) is 20.8 Å². The Bertz CT molecular complexity index is 1080. The number of thioether (sulfide) groups is 1.